The van der Waals surface area contributed by atoms with Gasteiger partial charge in [-0.25, -0.2) is 8.42 Å². The van der Waals surface area contributed by atoms with Crippen LogP contribution in [0.4, 0.5) is 5.69 Å². The number of aromatic nitrogens is 2. The molecule has 8 nitrogen and oxygen atoms in total. The lowest BCUT2D eigenvalue weighted by atomic mass is 10.2. The topological polar surface area (TPSA) is 116 Å². The van der Waals surface area contributed by atoms with Crippen LogP contribution in [0.5, 0.6) is 0 Å². The van der Waals surface area contributed by atoms with E-state index in [9.17, 15) is 18.5 Å². The summed E-state index contributed by atoms with van der Waals surface area (Å²) in [6.07, 6.45) is 1.50. The van der Waals surface area contributed by atoms with Gasteiger partial charge in [0.2, 0.25) is 5.89 Å². The Bertz CT molecular complexity index is 1060. The van der Waals surface area contributed by atoms with Crippen LogP contribution in [-0.4, -0.2) is 29.3 Å². The van der Waals surface area contributed by atoms with Crippen molar-refractivity contribution >= 4 is 27.3 Å². The van der Waals surface area contributed by atoms with Crippen molar-refractivity contribution in [3.05, 3.63) is 76.2 Å². The zero-order chi connectivity index (χ0) is 19.3. The van der Waals surface area contributed by atoms with Gasteiger partial charge in [-0.05, 0) is 24.3 Å². The standard InChI is InChI=1S/C17H13N3O5S2/c21-20(22)14-9-7-13(8-10-14)16-18-19-17(25-16)26-11-4-12-27(23,24)15-5-2-1-3-6-15/h1-10,12H,11H2. The van der Waals surface area contributed by atoms with E-state index in [1.165, 1.54) is 54.2 Å². The van der Waals surface area contributed by atoms with Gasteiger partial charge < -0.3 is 4.42 Å². The number of non-ortho nitro benzene ring substituents is 1. The Morgan fingerprint density at radius 1 is 1.07 bits per heavy atom. The highest BCUT2D eigenvalue weighted by molar-refractivity contribution is 7.99. The Morgan fingerprint density at radius 2 is 1.78 bits per heavy atom. The summed E-state index contributed by atoms with van der Waals surface area (Å²) in [5, 5.41) is 19.8. The van der Waals surface area contributed by atoms with Gasteiger partial charge in [-0.1, -0.05) is 36.0 Å². The molecule has 3 aromatic rings. The molecule has 3 rings (SSSR count). The van der Waals surface area contributed by atoms with Crippen molar-refractivity contribution in [3.8, 4) is 11.5 Å². The molecule has 0 atom stereocenters. The van der Waals surface area contributed by atoms with Crippen LogP contribution in [-0.2, 0) is 9.84 Å². The summed E-state index contributed by atoms with van der Waals surface area (Å²) >= 11 is 1.18. The molecule has 1 aromatic heterocycles. The predicted molar refractivity (Wildman–Crippen MR) is 99.9 cm³/mol. The molecule has 0 saturated carbocycles. The molecule has 0 bridgehead atoms. The van der Waals surface area contributed by atoms with Crippen LogP contribution in [0.3, 0.4) is 0 Å². The number of nitro benzene ring substituents is 1. The molecule has 0 aliphatic carbocycles. The Hall–Kier alpha value is -2.98. The molecule has 0 aliphatic rings. The van der Waals surface area contributed by atoms with Crippen LogP contribution in [0.15, 0.2) is 80.6 Å². The number of benzene rings is 2. The fourth-order valence-corrected chi connectivity index (χ4v) is 3.82. The first-order chi connectivity index (χ1) is 13.0. The van der Waals surface area contributed by atoms with Gasteiger partial charge in [-0.15, -0.1) is 10.2 Å². The molecule has 0 amide bonds. The quantitative estimate of drug-likeness (QED) is 0.333. The molecule has 27 heavy (non-hydrogen) atoms. The van der Waals surface area contributed by atoms with E-state index in [1.807, 2.05) is 0 Å². The van der Waals surface area contributed by atoms with Gasteiger partial charge in [-0.2, -0.15) is 0 Å². The normalized spacial score (nSPS) is 11.7. The van der Waals surface area contributed by atoms with E-state index in [0.29, 0.717) is 11.3 Å². The molecule has 1 heterocycles. The fourth-order valence-electron chi connectivity index (χ4n) is 2.08. The molecule has 0 unspecified atom stereocenters. The van der Waals surface area contributed by atoms with E-state index >= 15 is 0 Å². The second-order valence-corrected chi connectivity index (χ2v) is 8.02. The lowest BCUT2D eigenvalue weighted by Gasteiger charge is -1.97. The van der Waals surface area contributed by atoms with Gasteiger partial charge in [-0.3, -0.25) is 10.1 Å². The summed E-state index contributed by atoms with van der Waals surface area (Å²) in [6, 6.07) is 13.9. The summed E-state index contributed by atoms with van der Waals surface area (Å²) in [7, 11) is -3.48. The van der Waals surface area contributed by atoms with E-state index in [1.54, 1.807) is 18.2 Å². The number of thioether (sulfide) groups is 1. The summed E-state index contributed by atoms with van der Waals surface area (Å²) in [4.78, 5) is 10.4. The molecule has 0 radical (unpaired) electrons. The number of nitro groups is 1. The smallest absolute Gasteiger partial charge is 0.277 e. The summed E-state index contributed by atoms with van der Waals surface area (Å²) in [5.74, 6) is 0.557. The SMILES string of the molecule is O=[N+]([O-])c1ccc(-c2nnc(SCC=CS(=O)(=O)c3ccccc3)o2)cc1. The highest BCUT2D eigenvalue weighted by atomic mass is 32.2. The number of rotatable bonds is 7. The van der Waals surface area contributed by atoms with Crippen molar-refractivity contribution in [3.63, 3.8) is 0 Å². The van der Waals surface area contributed by atoms with Crippen LogP contribution >= 0.6 is 11.8 Å². The molecular weight excluding hydrogens is 390 g/mol. The number of hydrogen-bond acceptors (Lipinski definition) is 8. The largest absolute Gasteiger partial charge is 0.411 e. The molecular formula is C17H13N3O5S2. The molecule has 0 saturated heterocycles. The maximum Gasteiger partial charge on any atom is 0.277 e. The fraction of sp³-hybridized carbons (Fsp3) is 0.0588. The number of nitrogens with zero attached hydrogens (tertiary/aromatic N) is 3. The van der Waals surface area contributed by atoms with Gasteiger partial charge in [0.1, 0.15) is 0 Å². The third-order valence-electron chi connectivity index (χ3n) is 3.38. The minimum absolute atomic E-state index is 0.0300. The van der Waals surface area contributed by atoms with Crippen molar-refractivity contribution in [2.45, 2.75) is 10.1 Å². The van der Waals surface area contributed by atoms with E-state index in [-0.39, 0.29) is 21.7 Å². The number of sulfone groups is 1. The zero-order valence-electron chi connectivity index (χ0n) is 13.8. The van der Waals surface area contributed by atoms with Crippen molar-refractivity contribution in [1.82, 2.24) is 10.2 Å². The zero-order valence-corrected chi connectivity index (χ0v) is 15.4. The van der Waals surface area contributed by atoms with Crippen LogP contribution in [0.25, 0.3) is 11.5 Å². The molecule has 0 fully saturated rings. The first-order valence-electron chi connectivity index (χ1n) is 7.63. The van der Waals surface area contributed by atoms with Crippen molar-refractivity contribution in [2.75, 3.05) is 5.75 Å². The third-order valence-corrected chi connectivity index (χ3v) is 5.63. The number of hydrogen-bond donors (Lipinski definition) is 0. The maximum absolute atomic E-state index is 12.1. The van der Waals surface area contributed by atoms with Crippen LogP contribution in [0.1, 0.15) is 0 Å². The van der Waals surface area contributed by atoms with Crippen molar-refractivity contribution < 1.29 is 17.8 Å². The van der Waals surface area contributed by atoms with Crippen LogP contribution in [0.2, 0.25) is 0 Å². The van der Waals surface area contributed by atoms with Crippen LogP contribution < -0.4 is 0 Å². The van der Waals surface area contributed by atoms with E-state index in [2.05, 4.69) is 10.2 Å². The molecule has 138 valence electrons. The second kappa shape index (κ2) is 8.14. The summed E-state index contributed by atoms with van der Waals surface area (Å²) < 4.78 is 29.7. The first kappa shape index (κ1) is 18.8. The van der Waals surface area contributed by atoms with Crippen molar-refractivity contribution in [2.24, 2.45) is 0 Å². The van der Waals surface area contributed by atoms with Gasteiger partial charge in [0.05, 0.1) is 9.82 Å². The average Bonchev–Trinajstić information content (AvgIpc) is 3.15. The minimum Gasteiger partial charge on any atom is -0.411 e. The van der Waals surface area contributed by atoms with Crippen molar-refractivity contribution in [1.29, 1.82) is 0 Å². The van der Waals surface area contributed by atoms with Gasteiger partial charge in [0, 0.05) is 28.9 Å². The first-order valence-corrected chi connectivity index (χ1v) is 10.2. The Morgan fingerprint density at radius 3 is 2.44 bits per heavy atom. The maximum atomic E-state index is 12.1. The average molecular weight is 403 g/mol. The van der Waals surface area contributed by atoms with Gasteiger partial charge in [0.25, 0.3) is 10.9 Å². The Balaban J connectivity index is 1.61. The summed E-state index contributed by atoms with van der Waals surface area (Å²) in [5.41, 5.74) is 0.528. The van der Waals surface area contributed by atoms with Gasteiger partial charge >= 0.3 is 0 Å². The third kappa shape index (κ3) is 4.80. The highest BCUT2D eigenvalue weighted by Crippen LogP contribution is 2.25. The second-order valence-electron chi connectivity index (χ2n) is 5.22. The lowest BCUT2D eigenvalue weighted by molar-refractivity contribution is -0.384. The molecule has 0 N–H and O–H groups in total. The molecule has 10 heteroatoms. The van der Waals surface area contributed by atoms with E-state index < -0.39 is 14.8 Å². The lowest BCUT2D eigenvalue weighted by Crippen LogP contribution is -1.95. The van der Waals surface area contributed by atoms with Crippen LogP contribution in [0, 0.1) is 10.1 Å². The Kier molecular flexibility index (Phi) is 5.67. The minimum atomic E-state index is -3.48. The predicted octanol–water partition coefficient (Wildman–Crippen LogP) is 3.72. The van der Waals surface area contributed by atoms with E-state index in [4.69, 9.17) is 4.42 Å². The molecule has 0 aliphatic heterocycles. The molecule has 0 spiro atoms. The Labute approximate surface area is 159 Å². The summed E-state index contributed by atoms with van der Waals surface area (Å²) in [6.45, 7) is 0. The van der Waals surface area contributed by atoms with Gasteiger partial charge in [0.15, 0.2) is 9.84 Å². The molecule has 2 aromatic carbocycles. The monoisotopic (exact) mass is 403 g/mol. The highest BCUT2D eigenvalue weighted by Gasteiger charge is 2.12. The van der Waals surface area contributed by atoms with E-state index in [0.717, 1.165) is 5.41 Å².